The molecule has 5 nitrogen and oxygen atoms in total. The van der Waals surface area contributed by atoms with Gasteiger partial charge in [-0.3, -0.25) is 4.79 Å². The van der Waals surface area contributed by atoms with Crippen molar-refractivity contribution in [3.8, 4) is 11.1 Å². The number of ether oxygens (including phenoxy) is 1. The lowest BCUT2D eigenvalue weighted by Gasteiger charge is -2.38. The van der Waals surface area contributed by atoms with E-state index in [0.29, 0.717) is 0 Å². The molecule has 0 aromatic heterocycles. The molecule has 1 aliphatic rings. The van der Waals surface area contributed by atoms with E-state index in [1.807, 2.05) is 45.0 Å². The van der Waals surface area contributed by atoms with Crippen LogP contribution in [0.3, 0.4) is 0 Å². The molecule has 1 aliphatic carbocycles. The number of rotatable bonds is 9. The number of nitrogens with one attached hydrogen (secondary N) is 1. The first-order valence-electron chi connectivity index (χ1n) is 10.8. The molecule has 1 amide bonds. The molecule has 5 heteroatoms. The number of benzene rings is 2. The molecule has 1 unspecified atom stereocenters. The van der Waals surface area contributed by atoms with Crippen LogP contribution in [0.2, 0.25) is 0 Å². The van der Waals surface area contributed by atoms with E-state index >= 15 is 0 Å². The zero-order chi connectivity index (χ0) is 21.7. The van der Waals surface area contributed by atoms with Crippen molar-refractivity contribution in [2.75, 3.05) is 6.61 Å². The van der Waals surface area contributed by atoms with Gasteiger partial charge in [0.2, 0.25) is 0 Å². The second-order valence-corrected chi connectivity index (χ2v) is 8.04. The Morgan fingerprint density at radius 3 is 1.93 bits per heavy atom. The molecule has 2 aromatic carbocycles. The van der Waals surface area contributed by atoms with Crippen molar-refractivity contribution in [3.63, 3.8) is 0 Å². The van der Waals surface area contributed by atoms with Crippen molar-refractivity contribution in [2.45, 2.75) is 58.4 Å². The predicted molar refractivity (Wildman–Crippen MR) is 118 cm³/mol. The van der Waals surface area contributed by atoms with Gasteiger partial charge in [0.15, 0.2) is 0 Å². The predicted octanol–water partition coefficient (Wildman–Crippen LogP) is 5.58. The van der Waals surface area contributed by atoms with E-state index in [4.69, 9.17) is 4.74 Å². The normalized spacial score (nSPS) is 14.0. The molecule has 3 rings (SSSR count). The summed E-state index contributed by atoms with van der Waals surface area (Å²) in [7, 11) is 0. The van der Waals surface area contributed by atoms with Crippen LogP contribution in [0.4, 0.5) is 4.79 Å². The summed E-state index contributed by atoms with van der Waals surface area (Å²) < 4.78 is 5.64. The smallest absolute Gasteiger partial charge is 0.407 e. The van der Waals surface area contributed by atoms with Crippen LogP contribution in [0.25, 0.3) is 11.1 Å². The summed E-state index contributed by atoms with van der Waals surface area (Å²) in [5, 5.41) is 12.2. The maximum Gasteiger partial charge on any atom is 0.407 e. The van der Waals surface area contributed by atoms with Crippen molar-refractivity contribution in [2.24, 2.45) is 5.41 Å². The molecule has 0 aliphatic heterocycles. The SMILES string of the molecule is CCC(CC)(CC)C(CC(=O)O)NC(=O)OCC1c2ccccc2-c2ccccc21. The fourth-order valence-corrected chi connectivity index (χ4v) is 4.87. The van der Waals surface area contributed by atoms with Crippen LogP contribution in [0.15, 0.2) is 48.5 Å². The van der Waals surface area contributed by atoms with E-state index < -0.39 is 18.1 Å². The Balaban J connectivity index is 1.74. The average Bonchev–Trinajstić information content (AvgIpc) is 3.07. The minimum atomic E-state index is -0.918. The molecule has 2 aromatic rings. The van der Waals surface area contributed by atoms with Crippen LogP contribution in [0.1, 0.15) is 63.5 Å². The lowest BCUT2D eigenvalue weighted by Crippen LogP contribution is -2.48. The second-order valence-electron chi connectivity index (χ2n) is 8.04. The van der Waals surface area contributed by atoms with E-state index in [1.54, 1.807) is 0 Å². The highest BCUT2D eigenvalue weighted by Crippen LogP contribution is 2.44. The molecule has 0 heterocycles. The number of carbonyl (C=O) groups is 2. The molecular weight excluding hydrogens is 378 g/mol. The van der Waals surface area contributed by atoms with Crippen molar-refractivity contribution < 1.29 is 19.4 Å². The summed E-state index contributed by atoms with van der Waals surface area (Å²) in [4.78, 5) is 24.1. The number of carboxylic acids is 1. The molecule has 160 valence electrons. The van der Waals surface area contributed by atoms with Crippen molar-refractivity contribution in [1.29, 1.82) is 0 Å². The summed E-state index contributed by atoms with van der Waals surface area (Å²) in [6.07, 6.45) is 1.72. The van der Waals surface area contributed by atoms with Crippen LogP contribution in [0.5, 0.6) is 0 Å². The Morgan fingerprint density at radius 1 is 0.967 bits per heavy atom. The van der Waals surface area contributed by atoms with Gasteiger partial charge in [0.05, 0.1) is 6.42 Å². The monoisotopic (exact) mass is 409 g/mol. The van der Waals surface area contributed by atoms with Gasteiger partial charge < -0.3 is 15.2 Å². The molecule has 30 heavy (non-hydrogen) atoms. The zero-order valence-electron chi connectivity index (χ0n) is 18.0. The van der Waals surface area contributed by atoms with Crippen molar-refractivity contribution >= 4 is 12.1 Å². The minimum absolute atomic E-state index is 0.0191. The Bertz CT molecular complexity index is 850. The highest BCUT2D eigenvalue weighted by molar-refractivity contribution is 5.79. The number of hydrogen-bond acceptors (Lipinski definition) is 3. The number of alkyl carbamates (subject to hydrolysis) is 1. The first-order chi connectivity index (χ1) is 14.5. The first kappa shape index (κ1) is 21.9. The minimum Gasteiger partial charge on any atom is -0.481 e. The summed E-state index contributed by atoms with van der Waals surface area (Å²) in [5.74, 6) is -0.937. The van der Waals surface area contributed by atoms with E-state index in [1.165, 1.54) is 11.1 Å². The standard InChI is InChI=1S/C25H31NO4/c1-4-25(5-2,6-3)22(15-23(27)28)26-24(29)30-16-21-19-13-9-7-11-17(19)18-12-8-10-14-20(18)21/h7-14,21-22H,4-6,15-16H2,1-3H3,(H,26,29)(H,27,28). The van der Waals surface area contributed by atoms with Gasteiger partial charge >= 0.3 is 12.1 Å². The van der Waals surface area contributed by atoms with Gasteiger partial charge in [-0.05, 0) is 46.9 Å². The summed E-state index contributed by atoms with van der Waals surface area (Å²) in [5.41, 5.74) is 4.39. The third kappa shape index (κ3) is 4.20. The Hall–Kier alpha value is -2.82. The van der Waals surface area contributed by atoms with E-state index in [9.17, 15) is 14.7 Å². The maximum absolute atomic E-state index is 12.7. The molecule has 0 saturated heterocycles. The molecule has 0 bridgehead atoms. The number of amides is 1. The lowest BCUT2D eigenvalue weighted by atomic mass is 9.72. The van der Waals surface area contributed by atoms with Crippen LogP contribution in [-0.4, -0.2) is 29.8 Å². The van der Waals surface area contributed by atoms with Crippen LogP contribution >= 0.6 is 0 Å². The lowest BCUT2D eigenvalue weighted by molar-refractivity contribution is -0.138. The van der Waals surface area contributed by atoms with Gasteiger partial charge in [-0.2, -0.15) is 0 Å². The summed E-state index contributed by atoms with van der Waals surface area (Å²) in [6, 6.07) is 15.9. The van der Waals surface area contributed by atoms with Crippen LogP contribution < -0.4 is 5.32 Å². The molecule has 0 fully saturated rings. The van der Waals surface area contributed by atoms with Gasteiger partial charge in [0.25, 0.3) is 0 Å². The zero-order valence-corrected chi connectivity index (χ0v) is 18.0. The molecular formula is C25H31NO4. The Kier molecular flexibility index (Phi) is 6.80. The van der Waals surface area contributed by atoms with Gasteiger partial charge in [0.1, 0.15) is 6.61 Å². The van der Waals surface area contributed by atoms with Crippen LogP contribution in [0, 0.1) is 5.41 Å². The van der Waals surface area contributed by atoms with Crippen molar-refractivity contribution in [1.82, 2.24) is 5.32 Å². The van der Waals surface area contributed by atoms with Gasteiger partial charge in [0, 0.05) is 12.0 Å². The Morgan fingerprint density at radius 2 is 1.47 bits per heavy atom. The molecule has 0 radical (unpaired) electrons. The summed E-state index contributed by atoms with van der Waals surface area (Å²) in [6.45, 7) is 6.35. The fourth-order valence-electron chi connectivity index (χ4n) is 4.87. The van der Waals surface area contributed by atoms with E-state index in [0.717, 1.165) is 30.4 Å². The molecule has 2 N–H and O–H groups in total. The number of carboxylic acid groups (broad SMARTS) is 1. The third-order valence-corrected chi connectivity index (χ3v) is 6.87. The molecule has 0 saturated carbocycles. The topological polar surface area (TPSA) is 75.6 Å². The number of fused-ring (bicyclic) bond motifs is 3. The van der Waals surface area contributed by atoms with Gasteiger partial charge in [-0.25, -0.2) is 4.79 Å². The maximum atomic E-state index is 12.7. The van der Waals surface area contributed by atoms with E-state index in [2.05, 4.69) is 29.6 Å². The summed E-state index contributed by atoms with van der Waals surface area (Å²) >= 11 is 0. The highest BCUT2D eigenvalue weighted by Gasteiger charge is 2.37. The average molecular weight is 410 g/mol. The van der Waals surface area contributed by atoms with Crippen LogP contribution in [-0.2, 0) is 9.53 Å². The van der Waals surface area contributed by atoms with Gasteiger partial charge in [-0.1, -0.05) is 69.3 Å². The number of carbonyl (C=O) groups excluding carboxylic acids is 1. The van der Waals surface area contributed by atoms with Gasteiger partial charge in [-0.15, -0.1) is 0 Å². The van der Waals surface area contributed by atoms with Crippen molar-refractivity contribution in [3.05, 3.63) is 59.7 Å². The number of aliphatic carboxylic acids is 1. The third-order valence-electron chi connectivity index (χ3n) is 6.87. The van der Waals surface area contributed by atoms with E-state index in [-0.39, 0.29) is 24.4 Å². The second kappa shape index (κ2) is 9.33. The number of hydrogen-bond donors (Lipinski definition) is 2. The first-order valence-corrected chi connectivity index (χ1v) is 10.8. The molecule has 0 spiro atoms. The largest absolute Gasteiger partial charge is 0.481 e. The quantitative estimate of drug-likeness (QED) is 0.566. The molecule has 1 atom stereocenters. The fraction of sp³-hybridized carbons (Fsp3) is 0.440. The Labute approximate surface area is 178 Å². The highest BCUT2D eigenvalue weighted by atomic mass is 16.5.